The number of amides is 1. The van der Waals surface area contributed by atoms with E-state index < -0.39 is 0 Å². The highest BCUT2D eigenvalue weighted by Gasteiger charge is 2.17. The van der Waals surface area contributed by atoms with Crippen molar-refractivity contribution in [2.75, 3.05) is 5.32 Å². The van der Waals surface area contributed by atoms with E-state index in [-0.39, 0.29) is 18.0 Å². The highest BCUT2D eigenvalue weighted by molar-refractivity contribution is 7.18. The molecule has 2 atom stereocenters. The number of carbonyl (C=O) groups excluding carboxylic acids is 1. The van der Waals surface area contributed by atoms with Crippen LogP contribution in [0.4, 0.5) is 5.69 Å². The van der Waals surface area contributed by atoms with E-state index in [9.17, 15) is 4.79 Å². The van der Waals surface area contributed by atoms with Gasteiger partial charge in [0.15, 0.2) is 0 Å². The Labute approximate surface area is 178 Å². The van der Waals surface area contributed by atoms with Crippen molar-refractivity contribution in [1.82, 2.24) is 10.3 Å². The molecule has 148 valence electrons. The minimum Gasteiger partial charge on any atom is -0.325 e. The van der Waals surface area contributed by atoms with Crippen molar-refractivity contribution in [3.63, 3.8) is 0 Å². The van der Waals surface area contributed by atoms with Crippen LogP contribution in [-0.2, 0) is 11.2 Å². The first-order valence-electron chi connectivity index (χ1n) is 9.62. The normalized spacial score (nSPS) is 13.3. The summed E-state index contributed by atoms with van der Waals surface area (Å²) in [5.41, 5.74) is 3.04. The van der Waals surface area contributed by atoms with Gasteiger partial charge in [-0.25, -0.2) is 4.98 Å². The van der Waals surface area contributed by atoms with Gasteiger partial charge in [0.1, 0.15) is 0 Å². The first-order valence-corrected chi connectivity index (χ1v) is 11.3. The molecule has 0 bridgehead atoms. The van der Waals surface area contributed by atoms with Crippen LogP contribution in [0.3, 0.4) is 0 Å². The number of nitrogens with zero attached hydrogens (tertiary/aromatic N) is 1. The lowest BCUT2D eigenvalue weighted by atomic mass is 10.1. The largest absolute Gasteiger partial charge is 0.325 e. The highest BCUT2D eigenvalue weighted by atomic mass is 32.1. The van der Waals surface area contributed by atoms with Crippen molar-refractivity contribution < 1.29 is 4.79 Å². The fourth-order valence-electron chi connectivity index (χ4n) is 3.20. The average Bonchev–Trinajstić information content (AvgIpc) is 3.39. The summed E-state index contributed by atoms with van der Waals surface area (Å²) in [6, 6.07) is 20.2. The molecule has 4 rings (SSSR count). The molecule has 4 aromatic rings. The van der Waals surface area contributed by atoms with Crippen LogP contribution < -0.4 is 10.6 Å². The molecule has 0 saturated heterocycles. The van der Waals surface area contributed by atoms with E-state index in [1.165, 1.54) is 15.1 Å². The molecule has 0 spiro atoms. The van der Waals surface area contributed by atoms with Gasteiger partial charge in [0.2, 0.25) is 5.91 Å². The molecule has 2 aromatic carbocycles. The first kappa shape index (κ1) is 19.8. The predicted molar refractivity (Wildman–Crippen MR) is 123 cm³/mol. The van der Waals surface area contributed by atoms with E-state index in [1.807, 2.05) is 60.8 Å². The summed E-state index contributed by atoms with van der Waals surface area (Å²) in [6.45, 7) is 3.97. The molecule has 2 aromatic heterocycles. The standard InChI is InChI=1S/C23H23N3OS2/c1-15(20-8-5-13-28-20)24-16(2)23(27)25-18-11-9-17(10-12-18)14-22-26-19-6-3-4-7-21(19)29-22/h3-13,15-16,24H,14H2,1-2H3,(H,25,27)/t15-,16-/m0/s1. The summed E-state index contributed by atoms with van der Waals surface area (Å²) in [6.07, 6.45) is 0.795. The Hall–Kier alpha value is -2.54. The molecule has 0 aliphatic carbocycles. The van der Waals surface area contributed by atoms with Crippen LogP contribution in [0.15, 0.2) is 66.0 Å². The molecule has 0 saturated carbocycles. The van der Waals surface area contributed by atoms with E-state index >= 15 is 0 Å². The fourth-order valence-corrected chi connectivity index (χ4v) is 4.94. The first-order chi connectivity index (χ1) is 14.1. The summed E-state index contributed by atoms with van der Waals surface area (Å²) in [5.74, 6) is -0.0349. The summed E-state index contributed by atoms with van der Waals surface area (Å²) < 4.78 is 1.21. The number of thiazole rings is 1. The number of aromatic nitrogens is 1. The van der Waals surface area contributed by atoms with Crippen molar-refractivity contribution in [2.24, 2.45) is 0 Å². The molecule has 0 aliphatic rings. The molecular formula is C23H23N3OS2. The fraction of sp³-hybridized carbons (Fsp3) is 0.217. The number of hydrogen-bond donors (Lipinski definition) is 2. The Bertz CT molecular complexity index is 1050. The molecular weight excluding hydrogens is 398 g/mol. The van der Waals surface area contributed by atoms with Gasteiger partial charge in [0.05, 0.1) is 21.3 Å². The molecule has 0 unspecified atom stereocenters. The van der Waals surface area contributed by atoms with Gasteiger partial charge in [-0.05, 0) is 55.1 Å². The topological polar surface area (TPSA) is 54.0 Å². The Morgan fingerprint density at radius 3 is 2.55 bits per heavy atom. The number of hydrogen-bond acceptors (Lipinski definition) is 5. The summed E-state index contributed by atoms with van der Waals surface area (Å²) >= 11 is 3.42. The quantitative estimate of drug-likeness (QED) is 0.407. The smallest absolute Gasteiger partial charge is 0.241 e. The zero-order valence-electron chi connectivity index (χ0n) is 16.4. The predicted octanol–water partition coefficient (Wildman–Crippen LogP) is 5.63. The van der Waals surface area contributed by atoms with Crippen molar-refractivity contribution in [3.8, 4) is 0 Å². The van der Waals surface area contributed by atoms with Gasteiger partial charge in [-0.15, -0.1) is 22.7 Å². The number of carbonyl (C=O) groups is 1. The van der Waals surface area contributed by atoms with Crippen LogP contribution in [0.5, 0.6) is 0 Å². The molecule has 4 nitrogen and oxygen atoms in total. The Balaban J connectivity index is 1.34. The van der Waals surface area contributed by atoms with Crippen LogP contribution >= 0.6 is 22.7 Å². The van der Waals surface area contributed by atoms with Crippen molar-refractivity contribution in [2.45, 2.75) is 32.4 Å². The lowest BCUT2D eigenvalue weighted by molar-refractivity contribution is -0.117. The number of thiophene rings is 1. The summed E-state index contributed by atoms with van der Waals surface area (Å²) in [7, 11) is 0. The maximum atomic E-state index is 12.5. The Morgan fingerprint density at radius 1 is 1.03 bits per heavy atom. The van der Waals surface area contributed by atoms with E-state index in [0.717, 1.165) is 22.6 Å². The van der Waals surface area contributed by atoms with Gasteiger partial charge >= 0.3 is 0 Å². The van der Waals surface area contributed by atoms with Gasteiger partial charge in [-0.2, -0.15) is 0 Å². The van der Waals surface area contributed by atoms with Crippen LogP contribution in [0.2, 0.25) is 0 Å². The zero-order valence-corrected chi connectivity index (χ0v) is 18.0. The maximum Gasteiger partial charge on any atom is 0.241 e. The molecule has 6 heteroatoms. The van der Waals surface area contributed by atoms with Gasteiger partial charge in [0.25, 0.3) is 0 Å². The third-order valence-electron chi connectivity index (χ3n) is 4.78. The molecule has 1 amide bonds. The SMILES string of the molecule is C[C@H](N[C@@H](C)c1cccs1)C(=O)Nc1ccc(Cc2nc3ccccc3s2)cc1. The van der Waals surface area contributed by atoms with E-state index in [2.05, 4.69) is 29.7 Å². The molecule has 0 radical (unpaired) electrons. The van der Waals surface area contributed by atoms with Gasteiger partial charge < -0.3 is 5.32 Å². The van der Waals surface area contributed by atoms with Gasteiger partial charge in [0, 0.05) is 23.0 Å². The monoisotopic (exact) mass is 421 g/mol. The molecule has 29 heavy (non-hydrogen) atoms. The van der Waals surface area contributed by atoms with Crippen LogP contribution in [0, 0.1) is 0 Å². The summed E-state index contributed by atoms with van der Waals surface area (Å²) in [5, 5.41) is 9.49. The van der Waals surface area contributed by atoms with Crippen molar-refractivity contribution >= 4 is 44.5 Å². The number of benzene rings is 2. The Kier molecular flexibility index (Phi) is 6.04. The second-order valence-electron chi connectivity index (χ2n) is 7.06. The third-order valence-corrected chi connectivity index (χ3v) is 6.87. The van der Waals surface area contributed by atoms with Gasteiger partial charge in [-0.1, -0.05) is 30.3 Å². The lowest BCUT2D eigenvalue weighted by Gasteiger charge is -2.19. The minimum atomic E-state index is -0.283. The number of anilines is 1. The third kappa shape index (κ3) is 4.90. The number of nitrogens with one attached hydrogen (secondary N) is 2. The van der Waals surface area contributed by atoms with Gasteiger partial charge in [-0.3, -0.25) is 10.1 Å². The average molecular weight is 422 g/mol. The number of fused-ring (bicyclic) bond motifs is 1. The lowest BCUT2D eigenvalue weighted by Crippen LogP contribution is -2.39. The molecule has 0 fully saturated rings. The molecule has 2 heterocycles. The van der Waals surface area contributed by atoms with E-state index in [0.29, 0.717) is 0 Å². The molecule has 0 aliphatic heterocycles. The number of para-hydroxylation sites is 1. The summed E-state index contributed by atoms with van der Waals surface area (Å²) in [4.78, 5) is 18.4. The zero-order chi connectivity index (χ0) is 20.2. The van der Waals surface area contributed by atoms with Crippen LogP contribution in [0.25, 0.3) is 10.2 Å². The number of rotatable bonds is 7. The van der Waals surface area contributed by atoms with Crippen LogP contribution in [-0.4, -0.2) is 16.9 Å². The second kappa shape index (κ2) is 8.86. The molecule has 2 N–H and O–H groups in total. The minimum absolute atomic E-state index is 0.0349. The van der Waals surface area contributed by atoms with Crippen LogP contribution in [0.1, 0.15) is 35.3 Å². The Morgan fingerprint density at radius 2 is 1.83 bits per heavy atom. The second-order valence-corrected chi connectivity index (χ2v) is 9.16. The van der Waals surface area contributed by atoms with Crippen molar-refractivity contribution in [3.05, 3.63) is 81.5 Å². The maximum absolute atomic E-state index is 12.5. The highest BCUT2D eigenvalue weighted by Crippen LogP contribution is 2.24. The van der Waals surface area contributed by atoms with E-state index in [1.54, 1.807) is 22.7 Å². The van der Waals surface area contributed by atoms with Crippen molar-refractivity contribution in [1.29, 1.82) is 0 Å². The van der Waals surface area contributed by atoms with E-state index in [4.69, 9.17) is 4.98 Å².